The van der Waals surface area contributed by atoms with Crippen molar-refractivity contribution >= 4 is 28.9 Å². The number of amides is 2. The van der Waals surface area contributed by atoms with Crippen LogP contribution < -0.4 is 15.5 Å². The highest BCUT2D eigenvalue weighted by Gasteiger charge is 2.32. The molecule has 0 radical (unpaired) electrons. The molecule has 1 heterocycles. The van der Waals surface area contributed by atoms with Gasteiger partial charge in [-0.2, -0.15) is 5.26 Å². The second kappa shape index (κ2) is 9.40. The lowest BCUT2D eigenvalue weighted by atomic mass is 9.88. The number of carbonyl (C=O) groups excluding carboxylic acids is 2. The van der Waals surface area contributed by atoms with Crippen LogP contribution in [0.1, 0.15) is 49.9 Å². The molecular formula is C28H28N4O2. The lowest BCUT2D eigenvalue weighted by Crippen LogP contribution is -2.43. The highest BCUT2D eigenvalue weighted by atomic mass is 16.2. The molecule has 4 rings (SSSR count). The smallest absolute Gasteiger partial charge is 0.224 e. The standard InChI is InChI=1S/C28H28N4O2/c1-17-12-25(10-8-23(17)16-29)31-27-13-18(2)32(20(4)34)28-11-9-22(15-26(27)28)21-6-5-7-24(14-21)30-19(3)33/h5-12,14-15,18,27,31H,13H2,1-4H3,(H,30,33)/t18-,27+/m0/s1. The molecule has 2 amide bonds. The number of carbonyl (C=O) groups is 2. The van der Waals surface area contributed by atoms with Gasteiger partial charge in [-0.15, -0.1) is 0 Å². The van der Waals surface area contributed by atoms with Gasteiger partial charge in [-0.25, -0.2) is 0 Å². The number of hydrogen-bond donors (Lipinski definition) is 2. The number of fused-ring (bicyclic) bond motifs is 1. The van der Waals surface area contributed by atoms with Crippen molar-refractivity contribution in [1.82, 2.24) is 0 Å². The van der Waals surface area contributed by atoms with Crippen LogP contribution in [-0.2, 0) is 9.59 Å². The Hall–Kier alpha value is -4.11. The molecule has 2 N–H and O–H groups in total. The average molecular weight is 453 g/mol. The lowest BCUT2D eigenvalue weighted by Gasteiger charge is -2.40. The third-order valence-corrected chi connectivity index (χ3v) is 6.22. The number of rotatable bonds is 4. The zero-order valence-corrected chi connectivity index (χ0v) is 19.8. The summed E-state index contributed by atoms with van der Waals surface area (Å²) < 4.78 is 0. The predicted molar refractivity (Wildman–Crippen MR) is 136 cm³/mol. The molecule has 3 aromatic carbocycles. The SMILES string of the molecule is CC(=O)Nc1cccc(-c2ccc3c(c2)[C@H](Nc2ccc(C#N)c(C)c2)C[C@H](C)N3C(C)=O)c1. The summed E-state index contributed by atoms with van der Waals surface area (Å²) >= 11 is 0. The minimum absolute atomic E-state index is 0.00795. The third kappa shape index (κ3) is 4.65. The number of anilines is 3. The Labute approximate surface area is 200 Å². The highest BCUT2D eigenvalue weighted by molar-refractivity contribution is 5.94. The Morgan fingerprint density at radius 1 is 1.00 bits per heavy atom. The minimum atomic E-state index is -0.115. The summed E-state index contributed by atoms with van der Waals surface area (Å²) in [7, 11) is 0. The van der Waals surface area contributed by atoms with Crippen molar-refractivity contribution in [3.05, 3.63) is 77.4 Å². The van der Waals surface area contributed by atoms with Crippen LogP contribution in [0.4, 0.5) is 17.1 Å². The molecule has 34 heavy (non-hydrogen) atoms. The second-order valence-electron chi connectivity index (χ2n) is 8.85. The second-order valence-corrected chi connectivity index (χ2v) is 8.85. The van der Waals surface area contributed by atoms with Crippen LogP contribution >= 0.6 is 0 Å². The van der Waals surface area contributed by atoms with Gasteiger partial charge in [0, 0.05) is 37.0 Å². The van der Waals surface area contributed by atoms with Crippen molar-refractivity contribution < 1.29 is 9.59 Å². The van der Waals surface area contributed by atoms with Gasteiger partial charge in [0.15, 0.2) is 0 Å². The number of nitrogens with one attached hydrogen (secondary N) is 2. The van der Waals surface area contributed by atoms with E-state index in [0.717, 1.165) is 45.7 Å². The molecule has 0 spiro atoms. The van der Waals surface area contributed by atoms with Crippen LogP contribution in [0.3, 0.4) is 0 Å². The van der Waals surface area contributed by atoms with E-state index in [-0.39, 0.29) is 23.9 Å². The third-order valence-electron chi connectivity index (χ3n) is 6.22. The number of hydrogen-bond acceptors (Lipinski definition) is 4. The van der Waals surface area contributed by atoms with Gasteiger partial charge >= 0.3 is 0 Å². The summed E-state index contributed by atoms with van der Waals surface area (Å²) in [6, 6.07) is 21.9. The van der Waals surface area contributed by atoms with E-state index >= 15 is 0 Å². The zero-order valence-electron chi connectivity index (χ0n) is 19.8. The summed E-state index contributed by atoms with van der Waals surface area (Å²) in [6.07, 6.45) is 0.751. The Balaban J connectivity index is 1.76. The minimum Gasteiger partial charge on any atom is -0.378 e. The van der Waals surface area contributed by atoms with Crippen molar-refractivity contribution in [2.24, 2.45) is 0 Å². The Kier molecular flexibility index (Phi) is 6.38. The van der Waals surface area contributed by atoms with E-state index < -0.39 is 0 Å². The van der Waals surface area contributed by atoms with E-state index in [1.54, 1.807) is 6.92 Å². The molecule has 6 nitrogen and oxygen atoms in total. The first-order valence-electron chi connectivity index (χ1n) is 11.4. The molecule has 0 fully saturated rings. The van der Waals surface area contributed by atoms with Crippen molar-refractivity contribution in [3.8, 4) is 17.2 Å². The summed E-state index contributed by atoms with van der Waals surface area (Å²) in [5.74, 6) is -0.0996. The zero-order chi connectivity index (χ0) is 24.4. The predicted octanol–water partition coefficient (Wildman–Crippen LogP) is 5.79. The van der Waals surface area contributed by atoms with Gasteiger partial charge in [0.05, 0.1) is 17.7 Å². The molecule has 2 atom stereocenters. The van der Waals surface area contributed by atoms with E-state index in [4.69, 9.17) is 0 Å². The van der Waals surface area contributed by atoms with Gasteiger partial charge in [-0.1, -0.05) is 18.2 Å². The molecule has 1 aliphatic heterocycles. The number of benzene rings is 3. The summed E-state index contributed by atoms with van der Waals surface area (Å²) in [5.41, 5.74) is 7.19. The van der Waals surface area contributed by atoms with Crippen molar-refractivity contribution in [3.63, 3.8) is 0 Å². The largest absolute Gasteiger partial charge is 0.378 e. The van der Waals surface area contributed by atoms with E-state index in [1.807, 2.05) is 66.4 Å². The fraction of sp³-hybridized carbons (Fsp3) is 0.250. The number of nitriles is 1. The molecule has 172 valence electrons. The Morgan fingerprint density at radius 3 is 2.44 bits per heavy atom. The van der Waals surface area contributed by atoms with E-state index in [2.05, 4.69) is 29.7 Å². The Morgan fingerprint density at radius 2 is 1.76 bits per heavy atom. The molecule has 0 aliphatic carbocycles. The van der Waals surface area contributed by atoms with Crippen LogP contribution in [0, 0.1) is 18.3 Å². The first-order chi connectivity index (χ1) is 16.3. The van der Waals surface area contributed by atoms with Crippen LogP contribution in [0.2, 0.25) is 0 Å². The first kappa shape index (κ1) is 23.1. The fourth-order valence-corrected chi connectivity index (χ4v) is 4.72. The number of nitrogens with zero attached hydrogens (tertiary/aromatic N) is 2. The fourth-order valence-electron chi connectivity index (χ4n) is 4.72. The quantitative estimate of drug-likeness (QED) is 0.525. The first-order valence-corrected chi connectivity index (χ1v) is 11.4. The lowest BCUT2D eigenvalue weighted by molar-refractivity contribution is -0.117. The van der Waals surface area contributed by atoms with Gasteiger partial charge in [0.25, 0.3) is 0 Å². The van der Waals surface area contributed by atoms with Crippen LogP contribution in [0.25, 0.3) is 11.1 Å². The van der Waals surface area contributed by atoms with Crippen LogP contribution in [0.5, 0.6) is 0 Å². The van der Waals surface area contributed by atoms with E-state index in [1.165, 1.54) is 6.92 Å². The van der Waals surface area contributed by atoms with Crippen molar-refractivity contribution in [2.45, 2.75) is 46.2 Å². The molecule has 1 aliphatic rings. The van der Waals surface area contributed by atoms with Crippen LogP contribution in [-0.4, -0.2) is 17.9 Å². The molecule has 0 saturated heterocycles. The molecule has 3 aromatic rings. The monoisotopic (exact) mass is 452 g/mol. The van der Waals surface area contributed by atoms with E-state index in [9.17, 15) is 14.9 Å². The molecular weight excluding hydrogens is 424 g/mol. The van der Waals surface area contributed by atoms with Gasteiger partial charge in [0.1, 0.15) is 0 Å². The number of aryl methyl sites for hydroxylation is 1. The molecule has 0 bridgehead atoms. The van der Waals surface area contributed by atoms with Gasteiger partial charge in [0.2, 0.25) is 11.8 Å². The molecule has 0 saturated carbocycles. The van der Waals surface area contributed by atoms with Crippen molar-refractivity contribution in [1.29, 1.82) is 5.26 Å². The summed E-state index contributed by atoms with van der Waals surface area (Å²) in [5, 5.41) is 15.7. The maximum absolute atomic E-state index is 12.5. The summed E-state index contributed by atoms with van der Waals surface area (Å²) in [4.78, 5) is 25.8. The van der Waals surface area contributed by atoms with Crippen molar-refractivity contribution in [2.75, 3.05) is 15.5 Å². The highest BCUT2D eigenvalue weighted by Crippen LogP contribution is 2.41. The normalized spacial score (nSPS) is 16.9. The average Bonchev–Trinajstić information content (AvgIpc) is 2.78. The molecule has 0 aromatic heterocycles. The summed E-state index contributed by atoms with van der Waals surface area (Å²) in [6.45, 7) is 7.08. The molecule has 6 heteroatoms. The molecule has 0 unspecified atom stereocenters. The van der Waals surface area contributed by atoms with Gasteiger partial charge < -0.3 is 15.5 Å². The maximum Gasteiger partial charge on any atom is 0.224 e. The topological polar surface area (TPSA) is 85.2 Å². The van der Waals surface area contributed by atoms with E-state index in [0.29, 0.717) is 5.56 Å². The Bertz CT molecular complexity index is 1310. The van der Waals surface area contributed by atoms with Crippen LogP contribution in [0.15, 0.2) is 60.7 Å². The maximum atomic E-state index is 12.5. The van der Waals surface area contributed by atoms with Gasteiger partial charge in [-0.3, -0.25) is 9.59 Å². The van der Waals surface area contributed by atoms with Gasteiger partial charge in [-0.05, 0) is 85.0 Å².